The molecule has 1 heterocycles. The molecule has 0 saturated heterocycles. The van der Waals surface area contributed by atoms with Gasteiger partial charge in [-0.2, -0.15) is 0 Å². The first-order valence-electron chi connectivity index (χ1n) is 9.80. The van der Waals surface area contributed by atoms with E-state index in [4.69, 9.17) is 14.2 Å². The predicted molar refractivity (Wildman–Crippen MR) is 121 cm³/mol. The highest BCUT2D eigenvalue weighted by molar-refractivity contribution is 7.18. The second-order valence-electron chi connectivity index (χ2n) is 7.26. The fourth-order valence-electron chi connectivity index (χ4n) is 2.62. The Morgan fingerprint density at radius 3 is 2.10 bits per heavy atom. The highest BCUT2D eigenvalue weighted by Gasteiger charge is 2.28. The van der Waals surface area contributed by atoms with E-state index >= 15 is 0 Å². The summed E-state index contributed by atoms with van der Waals surface area (Å²) in [5.74, 6) is -0.892. The number of hydrogen-bond donors (Lipinski definition) is 1. The van der Waals surface area contributed by atoms with Crippen LogP contribution in [0.15, 0.2) is 30.3 Å². The number of thiophene rings is 1. The van der Waals surface area contributed by atoms with E-state index in [1.807, 2.05) is 12.1 Å². The number of hydrogen-bond acceptors (Lipinski definition) is 7. The van der Waals surface area contributed by atoms with Crippen molar-refractivity contribution in [1.29, 1.82) is 0 Å². The molecule has 0 spiro atoms. The van der Waals surface area contributed by atoms with Crippen LogP contribution in [0.25, 0.3) is 6.08 Å². The number of benzene rings is 1. The summed E-state index contributed by atoms with van der Waals surface area (Å²) in [5, 5.41) is 2.93. The van der Waals surface area contributed by atoms with E-state index in [2.05, 4.69) is 5.32 Å². The molecule has 0 radical (unpaired) electrons. The Morgan fingerprint density at radius 1 is 0.968 bits per heavy atom. The molecule has 166 valence electrons. The van der Waals surface area contributed by atoms with Crippen LogP contribution in [0.2, 0.25) is 0 Å². The molecule has 0 fully saturated rings. The van der Waals surface area contributed by atoms with E-state index < -0.39 is 17.8 Å². The lowest BCUT2D eigenvalue weighted by atomic mass is 10.1. The Morgan fingerprint density at radius 2 is 1.55 bits per heavy atom. The molecular weight excluding hydrogens is 418 g/mol. The van der Waals surface area contributed by atoms with Crippen molar-refractivity contribution in [3.05, 3.63) is 51.9 Å². The summed E-state index contributed by atoms with van der Waals surface area (Å²) >= 11 is 0.989. The monoisotopic (exact) mass is 445 g/mol. The van der Waals surface area contributed by atoms with Crippen LogP contribution in [-0.2, 0) is 14.3 Å². The van der Waals surface area contributed by atoms with Crippen LogP contribution >= 0.6 is 11.3 Å². The van der Waals surface area contributed by atoms with Crippen LogP contribution in [0.4, 0.5) is 5.00 Å². The van der Waals surface area contributed by atoms with E-state index in [1.54, 1.807) is 59.9 Å². The van der Waals surface area contributed by atoms with E-state index in [1.165, 1.54) is 6.08 Å². The molecule has 31 heavy (non-hydrogen) atoms. The molecule has 2 rings (SSSR count). The Balaban J connectivity index is 2.29. The van der Waals surface area contributed by atoms with Gasteiger partial charge in [0.1, 0.15) is 15.6 Å². The predicted octanol–water partition coefficient (Wildman–Crippen LogP) is 4.85. The normalized spacial score (nSPS) is 11.1. The summed E-state index contributed by atoms with van der Waals surface area (Å²) in [7, 11) is 1.58. The summed E-state index contributed by atoms with van der Waals surface area (Å²) in [6, 6.07) is 7.19. The maximum atomic E-state index is 12.6. The summed E-state index contributed by atoms with van der Waals surface area (Å²) in [4.78, 5) is 37.8. The van der Waals surface area contributed by atoms with Crippen LogP contribution in [0, 0.1) is 6.92 Å². The van der Waals surface area contributed by atoms with Gasteiger partial charge in [-0.1, -0.05) is 12.1 Å². The number of amides is 1. The largest absolute Gasteiger partial charge is 0.497 e. The van der Waals surface area contributed by atoms with Gasteiger partial charge in [0.25, 0.3) is 0 Å². The minimum Gasteiger partial charge on any atom is -0.497 e. The minimum atomic E-state index is -0.609. The van der Waals surface area contributed by atoms with Crippen molar-refractivity contribution in [2.24, 2.45) is 0 Å². The second-order valence-corrected chi connectivity index (χ2v) is 8.28. The first kappa shape index (κ1) is 24.1. The van der Waals surface area contributed by atoms with Crippen molar-refractivity contribution in [2.75, 3.05) is 12.4 Å². The summed E-state index contributed by atoms with van der Waals surface area (Å²) in [6.07, 6.45) is 2.32. The Labute approximate surface area is 186 Å². The third kappa shape index (κ3) is 6.68. The molecule has 8 heteroatoms. The second kappa shape index (κ2) is 10.8. The third-order valence-electron chi connectivity index (χ3n) is 4.00. The fraction of sp³-hybridized carbons (Fsp3) is 0.348. The quantitative estimate of drug-likeness (QED) is 0.461. The number of esters is 2. The maximum absolute atomic E-state index is 12.6. The van der Waals surface area contributed by atoms with Crippen molar-refractivity contribution >= 4 is 40.3 Å². The third-order valence-corrected chi connectivity index (χ3v) is 5.19. The van der Waals surface area contributed by atoms with Crippen molar-refractivity contribution in [3.63, 3.8) is 0 Å². The average Bonchev–Trinajstić information content (AvgIpc) is 3.01. The first-order valence-corrected chi connectivity index (χ1v) is 10.6. The van der Waals surface area contributed by atoms with Gasteiger partial charge in [-0.3, -0.25) is 4.79 Å². The zero-order chi connectivity index (χ0) is 23.1. The average molecular weight is 446 g/mol. The molecule has 0 saturated carbocycles. The van der Waals surface area contributed by atoms with E-state index in [-0.39, 0.29) is 27.6 Å². The molecule has 7 nitrogen and oxygen atoms in total. The first-order chi connectivity index (χ1) is 14.6. The van der Waals surface area contributed by atoms with Crippen molar-refractivity contribution in [3.8, 4) is 5.75 Å². The van der Waals surface area contributed by atoms with Crippen LogP contribution in [-0.4, -0.2) is 37.2 Å². The van der Waals surface area contributed by atoms with Crippen molar-refractivity contribution in [1.82, 2.24) is 0 Å². The molecule has 0 aliphatic carbocycles. The lowest BCUT2D eigenvalue weighted by Crippen LogP contribution is -2.16. The molecule has 1 aromatic heterocycles. The number of rotatable bonds is 8. The number of anilines is 1. The van der Waals surface area contributed by atoms with Gasteiger partial charge in [0, 0.05) is 6.08 Å². The van der Waals surface area contributed by atoms with E-state index in [0.717, 1.165) is 16.9 Å². The SMILES string of the molecule is COc1ccc(/C=C/C(=O)Nc2sc(C(=O)OC(C)C)c(C)c2C(=O)OC(C)C)cc1. The Bertz CT molecular complexity index is 973. The van der Waals surface area contributed by atoms with Crippen molar-refractivity contribution < 1.29 is 28.6 Å². The molecule has 0 bridgehead atoms. The van der Waals surface area contributed by atoms with Gasteiger partial charge < -0.3 is 19.5 Å². The van der Waals surface area contributed by atoms with Crippen LogP contribution in [0.3, 0.4) is 0 Å². The molecule has 0 atom stereocenters. The molecule has 2 aromatic rings. The topological polar surface area (TPSA) is 90.9 Å². The maximum Gasteiger partial charge on any atom is 0.348 e. The number of methoxy groups -OCH3 is 1. The zero-order valence-corrected chi connectivity index (χ0v) is 19.3. The number of ether oxygens (including phenoxy) is 3. The number of carbonyl (C=O) groups is 3. The molecule has 0 aliphatic heterocycles. The molecule has 1 aromatic carbocycles. The summed E-state index contributed by atoms with van der Waals surface area (Å²) in [5.41, 5.74) is 1.37. The van der Waals surface area contributed by atoms with Gasteiger partial charge in [-0.05, 0) is 64.0 Å². The molecule has 0 aliphatic rings. The van der Waals surface area contributed by atoms with Gasteiger partial charge >= 0.3 is 11.9 Å². The highest BCUT2D eigenvalue weighted by atomic mass is 32.1. The molecular formula is C23H27NO6S. The van der Waals surface area contributed by atoms with E-state index in [0.29, 0.717) is 11.3 Å². The lowest BCUT2D eigenvalue weighted by molar-refractivity contribution is -0.111. The highest BCUT2D eigenvalue weighted by Crippen LogP contribution is 2.34. The number of nitrogens with one attached hydrogen (secondary N) is 1. The van der Waals surface area contributed by atoms with Gasteiger partial charge in [0.05, 0.1) is 24.9 Å². The van der Waals surface area contributed by atoms with Gasteiger partial charge in [-0.15, -0.1) is 11.3 Å². The lowest BCUT2D eigenvalue weighted by Gasteiger charge is -2.10. The zero-order valence-electron chi connectivity index (χ0n) is 18.5. The standard InChI is InChI=1S/C23H27NO6S/c1-13(2)29-22(26)19-15(5)20(23(27)30-14(3)4)31-21(19)24-18(25)12-9-16-7-10-17(28-6)11-8-16/h7-14H,1-6H3,(H,24,25)/b12-9+. The minimum absolute atomic E-state index is 0.153. The van der Waals surface area contributed by atoms with Crippen LogP contribution in [0.5, 0.6) is 5.75 Å². The molecule has 0 unspecified atom stereocenters. The number of carbonyl (C=O) groups excluding carboxylic acids is 3. The summed E-state index contributed by atoms with van der Waals surface area (Å²) in [6.45, 7) is 8.56. The van der Waals surface area contributed by atoms with Crippen molar-refractivity contribution in [2.45, 2.75) is 46.8 Å². The molecule has 1 amide bonds. The van der Waals surface area contributed by atoms with Gasteiger partial charge in [-0.25, -0.2) is 9.59 Å². The fourth-order valence-corrected chi connectivity index (χ4v) is 3.70. The van der Waals surface area contributed by atoms with Crippen LogP contribution in [0.1, 0.15) is 58.9 Å². The van der Waals surface area contributed by atoms with Gasteiger partial charge in [0.15, 0.2) is 0 Å². The Hall–Kier alpha value is -3.13. The molecule has 1 N–H and O–H groups in total. The smallest absolute Gasteiger partial charge is 0.348 e. The Kier molecular flexibility index (Phi) is 8.38. The van der Waals surface area contributed by atoms with Gasteiger partial charge in [0.2, 0.25) is 5.91 Å². The van der Waals surface area contributed by atoms with E-state index in [9.17, 15) is 14.4 Å². The van der Waals surface area contributed by atoms with Crippen LogP contribution < -0.4 is 10.1 Å². The summed E-state index contributed by atoms with van der Waals surface area (Å²) < 4.78 is 15.7.